The Kier molecular flexibility index (Phi) is 6.14. The van der Waals surface area contributed by atoms with E-state index in [4.69, 9.17) is 0 Å². The number of pyridine rings is 1. The van der Waals surface area contributed by atoms with Crippen LogP contribution < -0.4 is 10.6 Å². The van der Waals surface area contributed by atoms with Gasteiger partial charge in [-0.25, -0.2) is 0 Å². The number of aromatic nitrogens is 1. The molecule has 1 aromatic heterocycles. The summed E-state index contributed by atoms with van der Waals surface area (Å²) in [5.74, 6) is -0.0792. The Morgan fingerprint density at radius 2 is 2.11 bits per heavy atom. The predicted octanol–water partition coefficient (Wildman–Crippen LogP) is 1.19. The molecule has 1 rings (SSSR count). The minimum Gasteiger partial charge on any atom is -0.384 e. The van der Waals surface area contributed by atoms with E-state index in [0.717, 1.165) is 25.2 Å². The molecule has 0 fully saturated rings. The van der Waals surface area contributed by atoms with Crippen molar-refractivity contribution in [2.24, 2.45) is 0 Å². The molecule has 5 nitrogen and oxygen atoms in total. The summed E-state index contributed by atoms with van der Waals surface area (Å²) in [6.45, 7) is 4.44. The molecule has 0 atom stereocenters. The molecule has 0 spiro atoms. The summed E-state index contributed by atoms with van der Waals surface area (Å²) in [5.41, 5.74) is 1.48. The van der Waals surface area contributed by atoms with Crippen LogP contribution in [0.1, 0.15) is 23.7 Å². The smallest absolute Gasteiger partial charge is 0.252 e. The molecular formula is C13H22N4O. The average Bonchev–Trinajstić information content (AvgIpc) is 2.36. The summed E-state index contributed by atoms with van der Waals surface area (Å²) in [6, 6.07) is 1.83. The van der Waals surface area contributed by atoms with Crippen LogP contribution >= 0.6 is 0 Å². The lowest BCUT2D eigenvalue weighted by molar-refractivity contribution is 0.0950. The van der Waals surface area contributed by atoms with Crippen molar-refractivity contribution in [1.29, 1.82) is 0 Å². The van der Waals surface area contributed by atoms with Crippen LogP contribution in [-0.4, -0.2) is 49.5 Å². The highest BCUT2D eigenvalue weighted by Crippen LogP contribution is 2.08. The third-order valence-electron chi connectivity index (χ3n) is 2.42. The lowest BCUT2D eigenvalue weighted by Gasteiger charge is -2.11. The lowest BCUT2D eigenvalue weighted by atomic mass is 10.2. The van der Waals surface area contributed by atoms with Gasteiger partial charge in [-0.05, 0) is 26.6 Å². The van der Waals surface area contributed by atoms with Crippen LogP contribution in [0.3, 0.4) is 0 Å². The zero-order valence-corrected chi connectivity index (χ0v) is 11.4. The van der Waals surface area contributed by atoms with E-state index in [0.29, 0.717) is 12.1 Å². The largest absolute Gasteiger partial charge is 0.384 e. The zero-order valence-electron chi connectivity index (χ0n) is 11.4. The number of carbonyl (C=O) groups excluding carboxylic acids is 1. The van der Waals surface area contributed by atoms with E-state index in [2.05, 4.69) is 22.5 Å². The molecule has 0 aliphatic carbocycles. The maximum absolute atomic E-state index is 11.9. The van der Waals surface area contributed by atoms with Crippen LogP contribution in [0.25, 0.3) is 0 Å². The van der Waals surface area contributed by atoms with Gasteiger partial charge in [-0.2, -0.15) is 0 Å². The van der Waals surface area contributed by atoms with Crippen molar-refractivity contribution < 1.29 is 4.79 Å². The van der Waals surface area contributed by atoms with Gasteiger partial charge in [0.1, 0.15) is 0 Å². The molecule has 1 amide bonds. The van der Waals surface area contributed by atoms with Crippen molar-refractivity contribution in [3.63, 3.8) is 0 Å². The van der Waals surface area contributed by atoms with Crippen LogP contribution in [0.15, 0.2) is 18.5 Å². The van der Waals surface area contributed by atoms with Gasteiger partial charge in [0.05, 0.1) is 11.3 Å². The maximum atomic E-state index is 11.9. The molecule has 18 heavy (non-hydrogen) atoms. The number of likely N-dealkylation sites (N-methyl/N-ethyl adjacent to an activating group) is 1. The predicted molar refractivity (Wildman–Crippen MR) is 73.9 cm³/mol. The van der Waals surface area contributed by atoms with Crippen LogP contribution in [0.2, 0.25) is 0 Å². The molecule has 0 aromatic carbocycles. The van der Waals surface area contributed by atoms with Crippen molar-refractivity contribution in [3.05, 3.63) is 24.0 Å². The van der Waals surface area contributed by atoms with Gasteiger partial charge in [0, 0.05) is 32.0 Å². The standard InChI is InChI=1S/C13H22N4O/c1-4-5-15-12-8-11(9-14-10-12)13(18)16-6-7-17(2)3/h8-10,15H,4-7H2,1-3H3,(H,16,18). The molecule has 5 heteroatoms. The third-order valence-corrected chi connectivity index (χ3v) is 2.42. The number of nitrogens with zero attached hydrogens (tertiary/aromatic N) is 2. The fourth-order valence-electron chi connectivity index (χ4n) is 1.43. The second-order valence-corrected chi connectivity index (χ2v) is 4.45. The zero-order chi connectivity index (χ0) is 13.4. The highest BCUT2D eigenvalue weighted by molar-refractivity contribution is 5.94. The Morgan fingerprint density at radius 3 is 2.78 bits per heavy atom. The highest BCUT2D eigenvalue weighted by atomic mass is 16.1. The summed E-state index contributed by atoms with van der Waals surface area (Å²) in [7, 11) is 3.95. The second kappa shape index (κ2) is 7.66. The minimum absolute atomic E-state index is 0.0792. The van der Waals surface area contributed by atoms with E-state index in [9.17, 15) is 4.79 Å². The molecule has 0 saturated heterocycles. The molecule has 1 heterocycles. The summed E-state index contributed by atoms with van der Waals surface area (Å²) < 4.78 is 0. The van der Waals surface area contributed by atoms with Crippen molar-refractivity contribution >= 4 is 11.6 Å². The first-order valence-corrected chi connectivity index (χ1v) is 6.25. The summed E-state index contributed by atoms with van der Waals surface area (Å²) in [4.78, 5) is 17.9. The summed E-state index contributed by atoms with van der Waals surface area (Å²) in [6.07, 6.45) is 4.35. The van der Waals surface area contributed by atoms with Gasteiger partial charge in [0.2, 0.25) is 0 Å². The number of hydrogen-bond acceptors (Lipinski definition) is 4. The van der Waals surface area contributed by atoms with Gasteiger partial charge >= 0.3 is 0 Å². The van der Waals surface area contributed by atoms with Crippen molar-refractivity contribution in [3.8, 4) is 0 Å². The third kappa shape index (κ3) is 5.14. The monoisotopic (exact) mass is 250 g/mol. The Hall–Kier alpha value is -1.62. The van der Waals surface area contributed by atoms with Gasteiger partial charge in [0.15, 0.2) is 0 Å². The van der Waals surface area contributed by atoms with E-state index >= 15 is 0 Å². The first-order valence-electron chi connectivity index (χ1n) is 6.25. The van der Waals surface area contributed by atoms with E-state index in [1.54, 1.807) is 12.4 Å². The summed E-state index contributed by atoms with van der Waals surface area (Å²) in [5, 5.41) is 6.08. The van der Waals surface area contributed by atoms with Crippen molar-refractivity contribution in [2.45, 2.75) is 13.3 Å². The molecular weight excluding hydrogens is 228 g/mol. The second-order valence-electron chi connectivity index (χ2n) is 4.45. The number of rotatable bonds is 7. The van der Waals surface area contributed by atoms with Gasteiger partial charge < -0.3 is 15.5 Å². The molecule has 2 N–H and O–H groups in total. The van der Waals surface area contributed by atoms with Crippen LogP contribution in [0.4, 0.5) is 5.69 Å². The molecule has 100 valence electrons. The van der Waals surface area contributed by atoms with E-state index in [1.165, 1.54) is 0 Å². The van der Waals surface area contributed by atoms with E-state index in [1.807, 2.05) is 25.1 Å². The normalized spacial score (nSPS) is 10.4. The Labute approximate surface area is 109 Å². The van der Waals surface area contributed by atoms with Gasteiger partial charge in [0.25, 0.3) is 5.91 Å². The molecule has 0 aliphatic heterocycles. The van der Waals surface area contributed by atoms with Gasteiger partial charge in [-0.1, -0.05) is 6.92 Å². The molecule has 1 aromatic rings. The van der Waals surface area contributed by atoms with Crippen molar-refractivity contribution in [1.82, 2.24) is 15.2 Å². The quantitative estimate of drug-likeness (QED) is 0.763. The molecule has 0 radical (unpaired) electrons. The van der Waals surface area contributed by atoms with E-state index in [-0.39, 0.29) is 5.91 Å². The molecule has 0 bridgehead atoms. The fourth-order valence-corrected chi connectivity index (χ4v) is 1.43. The first-order chi connectivity index (χ1) is 8.63. The number of hydrogen-bond donors (Lipinski definition) is 2. The number of carbonyl (C=O) groups is 1. The van der Waals surface area contributed by atoms with Crippen LogP contribution in [0.5, 0.6) is 0 Å². The lowest BCUT2D eigenvalue weighted by Crippen LogP contribution is -2.31. The molecule has 0 unspecified atom stereocenters. The van der Waals surface area contributed by atoms with Gasteiger partial charge in [-0.15, -0.1) is 0 Å². The molecule has 0 aliphatic rings. The first kappa shape index (κ1) is 14.4. The fraction of sp³-hybridized carbons (Fsp3) is 0.538. The SMILES string of the molecule is CCCNc1cncc(C(=O)NCCN(C)C)c1. The Morgan fingerprint density at radius 1 is 1.33 bits per heavy atom. The topological polar surface area (TPSA) is 57.3 Å². The maximum Gasteiger partial charge on any atom is 0.252 e. The Balaban J connectivity index is 2.51. The highest BCUT2D eigenvalue weighted by Gasteiger charge is 2.06. The average molecular weight is 250 g/mol. The molecule has 0 saturated carbocycles. The van der Waals surface area contributed by atoms with E-state index < -0.39 is 0 Å². The van der Waals surface area contributed by atoms with Crippen LogP contribution in [0, 0.1) is 0 Å². The number of anilines is 1. The van der Waals surface area contributed by atoms with Gasteiger partial charge in [-0.3, -0.25) is 9.78 Å². The number of nitrogens with one attached hydrogen (secondary N) is 2. The summed E-state index contributed by atoms with van der Waals surface area (Å²) >= 11 is 0. The minimum atomic E-state index is -0.0792. The Bertz CT molecular complexity index is 379. The number of amides is 1. The van der Waals surface area contributed by atoms with Crippen LogP contribution in [-0.2, 0) is 0 Å². The van der Waals surface area contributed by atoms with Crippen molar-refractivity contribution in [2.75, 3.05) is 39.0 Å².